The van der Waals surface area contributed by atoms with Crippen LogP contribution in [0.1, 0.15) is 0 Å². The van der Waals surface area contributed by atoms with Crippen LogP contribution in [0.5, 0.6) is 0 Å². The van der Waals surface area contributed by atoms with Gasteiger partial charge in [0.25, 0.3) is 0 Å². The number of hydrogen-bond acceptors (Lipinski definition) is 5. The molecule has 1 heterocycles. The molecule has 1 aromatic carbocycles. The van der Waals surface area contributed by atoms with Crippen molar-refractivity contribution in [3.8, 4) is 0 Å². The first-order chi connectivity index (χ1) is 8.09. The Balaban J connectivity index is 2.31. The van der Waals surface area contributed by atoms with Gasteiger partial charge in [-0.1, -0.05) is 18.2 Å². The van der Waals surface area contributed by atoms with Crippen LogP contribution in [0, 0.1) is 10.1 Å². The predicted molar refractivity (Wildman–Crippen MR) is 60.1 cm³/mol. The SMILES string of the molecule is NC1=CN(c2ccccc2)NC(=O)C1[N+](=O)[O-]. The molecule has 2 rings (SSSR count). The van der Waals surface area contributed by atoms with E-state index in [1.165, 1.54) is 11.2 Å². The molecule has 0 bridgehead atoms. The Labute approximate surface area is 96.6 Å². The maximum atomic E-state index is 11.5. The highest BCUT2D eigenvalue weighted by atomic mass is 16.6. The molecule has 1 aliphatic heterocycles. The van der Waals surface area contributed by atoms with Crippen molar-refractivity contribution >= 4 is 11.6 Å². The third-order valence-electron chi connectivity index (χ3n) is 2.32. The second kappa shape index (κ2) is 4.12. The van der Waals surface area contributed by atoms with E-state index in [0.717, 1.165) is 0 Å². The van der Waals surface area contributed by atoms with Crippen LogP contribution in [-0.4, -0.2) is 16.9 Å². The quantitative estimate of drug-likeness (QED) is 0.553. The van der Waals surface area contributed by atoms with Gasteiger partial charge in [0.05, 0.1) is 11.9 Å². The van der Waals surface area contributed by atoms with E-state index in [4.69, 9.17) is 5.73 Å². The Morgan fingerprint density at radius 3 is 2.53 bits per heavy atom. The highest BCUT2D eigenvalue weighted by Crippen LogP contribution is 2.16. The van der Waals surface area contributed by atoms with Crippen molar-refractivity contribution in [3.63, 3.8) is 0 Å². The minimum atomic E-state index is -1.52. The van der Waals surface area contributed by atoms with Gasteiger partial charge in [-0.3, -0.25) is 25.3 Å². The van der Waals surface area contributed by atoms with Crippen LogP contribution in [0.15, 0.2) is 42.2 Å². The summed E-state index contributed by atoms with van der Waals surface area (Å²) in [5.74, 6) is -0.751. The normalized spacial score (nSPS) is 19.5. The number of hydrogen-bond donors (Lipinski definition) is 2. The standard InChI is InChI=1S/C10H10N4O3/c11-8-6-13(7-4-2-1-3-5-7)12-10(15)9(8)14(16)17/h1-6,9H,11H2,(H,12,15). The van der Waals surface area contributed by atoms with E-state index in [0.29, 0.717) is 5.69 Å². The molecule has 0 fully saturated rings. The van der Waals surface area contributed by atoms with Crippen LogP contribution >= 0.6 is 0 Å². The lowest BCUT2D eigenvalue weighted by Crippen LogP contribution is -2.53. The summed E-state index contributed by atoms with van der Waals surface area (Å²) in [6.07, 6.45) is 1.34. The number of nitrogens with two attached hydrogens (primary N) is 1. The molecular formula is C10H10N4O3. The number of para-hydroxylation sites is 1. The smallest absolute Gasteiger partial charge is 0.331 e. The van der Waals surface area contributed by atoms with E-state index in [9.17, 15) is 14.9 Å². The molecule has 0 saturated heterocycles. The first-order valence-corrected chi connectivity index (χ1v) is 4.85. The monoisotopic (exact) mass is 234 g/mol. The third kappa shape index (κ3) is 2.03. The van der Waals surface area contributed by atoms with Gasteiger partial charge in [0, 0.05) is 4.92 Å². The van der Waals surface area contributed by atoms with Gasteiger partial charge in [-0.25, -0.2) is 0 Å². The van der Waals surface area contributed by atoms with E-state index in [1.807, 2.05) is 6.07 Å². The molecule has 1 unspecified atom stereocenters. The maximum Gasteiger partial charge on any atom is 0.331 e. The lowest BCUT2D eigenvalue weighted by molar-refractivity contribution is -0.498. The molecular weight excluding hydrogens is 224 g/mol. The molecule has 0 spiro atoms. The van der Waals surface area contributed by atoms with Gasteiger partial charge in [-0.05, 0) is 12.1 Å². The Morgan fingerprint density at radius 2 is 2.00 bits per heavy atom. The molecule has 7 heteroatoms. The molecule has 1 aliphatic rings. The molecule has 0 aliphatic carbocycles. The van der Waals surface area contributed by atoms with Crippen molar-refractivity contribution in [2.75, 3.05) is 5.01 Å². The van der Waals surface area contributed by atoms with Crippen LogP contribution in [-0.2, 0) is 4.79 Å². The van der Waals surface area contributed by atoms with Gasteiger partial charge < -0.3 is 5.73 Å². The second-order valence-corrected chi connectivity index (χ2v) is 3.50. The fourth-order valence-corrected chi connectivity index (χ4v) is 1.53. The number of nitrogens with one attached hydrogen (secondary N) is 1. The summed E-state index contributed by atoms with van der Waals surface area (Å²) in [6.45, 7) is 0. The largest absolute Gasteiger partial charge is 0.395 e. The van der Waals surface area contributed by atoms with Crippen LogP contribution in [0.25, 0.3) is 0 Å². The van der Waals surface area contributed by atoms with Gasteiger partial charge >= 0.3 is 11.9 Å². The number of hydrazine groups is 1. The number of carbonyl (C=O) groups is 1. The molecule has 1 aromatic rings. The first kappa shape index (κ1) is 10.9. The van der Waals surface area contributed by atoms with E-state index in [2.05, 4.69) is 5.43 Å². The first-order valence-electron chi connectivity index (χ1n) is 4.85. The molecule has 88 valence electrons. The molecule has 7 nitrogen and oxygen atoms in total. The average Bonchev–Trinajstić information content (AvgIpc) is 2.28. The number of rotatable bonds is 2. The van der Waals surface area contributed by atoms with Gasteiger partial charge in [-0.15, -0.1) is 0 Å². The average molecular weight is 234 g/mol. The third-order valence-corrected chi connectivity index (χ3v) is 2.32. The molecule has 1 amide bonds. The molecule has 1 atom stereocenters. The van der Waals surface area contributed by atoms with Gasteiger partial charge in [-0.2, -0.15) is 0 Å². The zero-order valence-electron chi connectivity index (χ0n) is 8.74. The van der Waals surface area contributed by atoms with Crippen molar-refractivity contribution in [2.24, 2.45) is 5.73 Å². The van der Waals surface area contributed by atoms with Gasteiger partial charge in [0.15, 0.2) is 0 Å². The number of nitrogens with zero attached hydrogens (tertiary/aromatic N) is 2. The van der Waals surface area contributed by atoms with Crippen molar-refractivity contribution in [1.29, 1.82) is 0 Å². The number of carbonyl (C=O) groups excluding carboxylic acids is 1. The van der Waals surface area contributed by atoms with E-state index < -0.39 is 16.9 Å². The van der Waals surface area contributed by atoms with Gasteiger partial charge in [0.1, 0.15) is 5.70 Å². The van der Waals surface area contributed by atoms with Crippen LogP contribution in [0.2, 0.25) is 0 Å². The number of nitro groups is 1. The predicted octanol–water partition coefficient (Wildman–Crippen LogP) is -0.0168. The minimum Gasteiger partial charge on any atom is -0.395 e. The fraction of sp³-hybridized carbons (Fsp3) is 0.100. The highest BCUT2D eigenvalue weighted by molar-refractivity contribution is 5.87. The maximum absolute atomic E-state index is 11.5. The summed E-state index contributed by atoms with van der Waals surface area (Å²) in [5, 5.41) is 12.0. The van der Waals surface area contributed by atoms with Crippen molar-refractivity contribution < 1.29 is 9.72 Å². The second-order valence-electron chi connectivity index (χ2n) is 3.50. The van der Waals surface area contributed by atoms with Crippen molar-refractivity contribution in [3.05, 3.63) is 52.3 Å². The van der Waals surface area contributed by atoms with Gasteiger partial charge in [0.2, 0.25) is 0 Å². The van der Waals surface area contributed by atoms with Crippen LogP contribution in [0.4, 0.5) is 5.69 Å². The Hall–Kier alpha value is -2.57. The number of benzene rings is 1. The summed E-state index contributed by atoms with van der Waals surface area (Å²) in [7, 11) is 0. The Kier molecular flexibility index (Phi) is 2.65. The lowest BCUT2D eigenvalue weighted by Gasteiger charge is -2.27. The summed E-state index contributed by atoms with van der Waals surface area (Å²) >= 11 is 0. The molecule has 17 heavy (non-hydrogen) atoms. The van der Waals surface area contributed by atoms with E-state index in [-0.39, 0.29) is 5.70 Å². The number of anilines is 1. The van der Waals surface area contributed by atoms with Crippen LogP contribution in [0.3, 0.4) is 0 Å². The number of amides is 1. The lowest BCUT2D eigenvalue weighted by atomic mass is 10.2. The minimum absolute atomic E-state index is 0.0948. The van der Waals surface area contributed by atoms with Crippen molar-refractivity contribution in [1.82, 2.24) is 5.43 Å². The Morgan fingerprint density at radius 1 is 1.35 bits per heavy atom. The summed E-state index contributed by atoms with van der Waals surface area (Å²) < 4.78 is 0. The topological polar surface area (TPSA) is 102 Å². The molecule has 0 radical (unpaired) electrons. The molecule has 3 N–H and O–H groups in total. The van der Waals surface area contributed by atoms with E-state index in [1.54, 1.807) is 24.3 Å². The highest BCUT2D eigenvalue weighted by Gasteiger charge is 2.37. The fourth-order valence-electron chi connectivity index (χ4n) is 1.53. The summed E-state index contributed by atoms with van der Waals surface area (Å²) in [6, 6.07) is 7.36. The molecule has 0 saturated carbocycles. The molecule has 0 aromatic heterocycles. The summed E-state index contributed by atoms with van der Waals surface area (Å²) in [4.78, 5) is 21.4. The van der Waals surface area contributed by atoms with E-state index >= 15 is 0 Å². The Bertz CT molecular complexity index is 486. The zero-order chi connectivity index (χ0) is 12.4. The van der Waals surface area contributed by atoms with Crippen LogP contribution < -0.4 is 16.2 Å². The zero-order valence-corrected chi connectivity index (χ0v) is 8.74. The summed E-state index contributed by atoms with van der Waals surface area (Å²) in [5.41, 5.74) is 8.48. The van der Waals surface area contributed by atoms with Crippen molar-refractivity contribution in [2.45, 2.75) is 6.04 Å².